The van der Waals surface area contributed by atoms with Crippen molar-refractivity contribution in [2.24, 2.45) is 11.3 Å². The van der Waals surface area contributed by atoms with E-state index >= 15 is 0 Å². The number of likely N-dealkylation sites (N-methyl/N-ethyl adjacent to an activating group) is 1. The molecule has 1 heteroatoms. The summed E-state index contributed by atoms with van der Waals surface area (Å²) in [5.74, 6) is 0.846. The van der Waals surface area contributed by atoms with Crippen LogP contribution in [0.1, 0.15) is 43.9 Å². The summed E-state index contributed by atoms with van der Waals surface area (Å²) >= 11 is 0. The molecule has 2 unspecified atom stereocenters. The zero-order valence-electron chi connectivity index (χ0n) is 12.5. The predicted molar refractivity (Wildman–Crippen MR) is 79.0 cm³/mol. The van der Waals surface area contributed by atoms with Gasteiger partial charge in [0.05, 0.1) is 0 Å². The highest BCUT2D eigenvalue weighted by Crippen LogP contribution is 2.54. The number of benzene rings is 1. The maximum Gasteiger partial charge on any atom is 0.0141 e. The Labute approximate surface area is 112 Å². The van der Waals surface area contributed by atoms with Gasteiger partial charge >= 0.3 is 0 Å². The zero-order valence-corrected chi connectivity index (χ0v) is 12.5. The molecule has 0 aliphatic heterocycles. The van der Waals surface area contributed by atoms with Crippen molar-refractivity contribution in [2.45, 2.75) is 53.5 Å². The number of hydrogen-bond acceptors (Lipinski definition) is 1. The van der Waals surface area contributed by atoms with Gasteiger partial charge in [-0.1, -0.05) is 39.0 Å². The Bertz CT molecular complexity index is 420. The average molecular weight is 245 g/mol. The molecule has 18 heavy (non-hydrogen) atoms. The van der Waals surface area contributed by atoms with Gasteiger partial charge in [0.25, 0.3) is 0 Å². The Balaban J connectivity index is 2.07. The lowest BCUT2D eigenvalue weighted by Gasteiger charge is -2.20. The van der Waals surface area contributed by atoms with Crippen LogP contribution in [-0.4, -0.2) is 12.6 Å². The minimum absolute atomic E-state index is 0.548. The molecule has 0 radical (unpaired) electrons. The molecule has 1 aliphatic rings. The van der Waals surface area contributed by atoms with Crippen molar-refractivity contribution in [1.82, 2.24) is 5.32 Å². The molecule has 0 saturated heterocycles. The van der Waals surface area contributed by atoms with E-state index < -0.39 is 0 Å². The third-order valence-corrected chi connectivity index (χ3v) is 4.57. The Hall–Kier alpha value is -0.820. The smallest absolute Gasteiger partial charge is 0.0141 e. The first kappa shape index (κ1) is 13.6. The lowest BCUT2D eigenvalue weighted by atomic mass is 9.95. The first-order chi connectivity index (χ1) is 8.44. The number of nitrogens with one attached hydrogen (secondary N) is 1. The first-order valence-corrected chi connectivity index (χ1v) is 7.23. The molecule has 2 atom stereocenters. The van der Waals surface area contributed by atoms with Crippen LogP contribution >= 0.6 is 0 Å². The van der Waals surface area contributed by atoms with Gasteiger partial charge in [-0.05, 0) is 61.3 Å². The van der Waals surface area contributed by atoms with E-state index in [4.69, 9.17) is 0 Å². The van der Waals surface area contributed by atoms with Gasteiger partial charge in [0, 0.05) is 6.04 Å². The largest absolute Gasteiger partial charge is 0.314 e. The first-order valence-electron chi connectivity index (χ1n) is 7.23. The fraction of sp³-hybridized carbons (Fsp3) is 0.647. The molecule has 1 fully saturated rings. The summed E-state index contributed by atoms with van der Waals surface area (Å²) in [7, 11) is 0. The van der Waals surface area contributed by atoms with Crippen molar-refractivity contribution in [1.29, 1.82) is 0 Å². The van der Waals surface area contributed by atoms with Gasteiger partial charge in [0.15, 0.2) is 0 Å². The number of aryl methyl sites for hydroxylation is 2. The van der Waals surface area contributed by atoms with Crippen LogP contribution < -0.4 is 5.32 Å². The predicted octanol–water partition coefficient (Wildman–Crippen LogP) is 3.87. The molecule has 0 aromatic heterocycles. The summed E-state index contributed by atoms with van der Waals surface area (Å²) in [5, 5.41) is 3.68. The van der Waals surface area contributed by atoms with Gasteiger partial charge in [-0.15, -0.1) is 0 Å². The van der Waals surface area contributed by atoms with Gasteiger partial charge in [-0.3, -0.25) is 0 Å². The normalized spacial score (nSPS) is 22.8. The van der Waals surface area contributed by atoms with E-state index in [9.17, 15) is 0 Å². The van der Waals surface area contributed by atoms with Gasteiger partial charge in [0.1, 0.15) is 0 Å². The molecular formula is C17H27N. The molecule has 2 rings (SSSR count). The average Bonchev–Trinajstić information content (AvgIpc) is 2.92. The standard InChI is InChI=1S/C17H27N/c1-6-18-16(15-11-17(15,4)5)10-14-8-7-12(2)13(3)9-14/h7-9,15-16,18H,6,10-11H2,1-5H3. The van der Waals surface area contributed by atoms with Gasteiger partial charge in [-0.2, -0.15) is 0 Å². The lowest BCUT2D eigenvalue weighted by molar-refractivity contribution is 0.409. The monoisotopic (exact) mass is 245 g/mol. The van der Waals surface area contributed by atoms with Gasteiger partial charge in [-0.25, -0.2) is 0 Å². The third-order valence-electron chi connectivity index (χ3n) is 4.57. The van der Waals surface area contributed by atoms with Crippen LogP contribution in [0, 0.1) is 25.2 Å². The van der Waals surface area contributed by atoms with Crippen LogP contribution in [0.2, 0.25) is 0 Å². The van der Waals surface area contributed by atoms with E-state index in [1.807, 2.05) is 0 Å². The molecule has 1 N–H and O–H groups in total. The Morgan fingerprint density at radius 2 is 1.94 bits per heavy atom. The fourth-order valence-electron chi connectivity index (χ4n) is 3.00. The molecule has 0 bridgehead atoms. The highest BCUT2D eigenvalue weighted by Gasteiger charge is 2.49. The van der Waals surface area contributed by atoms with E-state index in [0.29, 0.717) is 11.5 Å². The molecule has 1 saturated carbocycles. The third kappa shape index (κ3) is 2.95. The number of hydrogen-bond donors (Lipinski definition) is 1. The van der Waals surface area contributed by atoms with Crippen molar-refractivity contribution in [3.63, 3.8) is 0 Å². The minimum Gasteiger partial charge on any atom is -0.314 e. The maximum absolute atomic E-state index is 3.68. The second kappa shape index (κ2) is 5.05. The molecular weight excluding hydrogens is 218 g/mol. The Kier molecular flexibility index (Phi) is 3.82. The van der Waals surface area contributed by atoms with E-state index in [1.165, 1.54) is 29.5 Å². The highest BCUT2D eigenvalue weighted by atomic mass is 14.9. The quantitative estimate of drug-likeness (QED) is 0.830. The summed E-state index contributed by atoms with van der Waals surface area (Å²) in [5.41, 5.74) is 4.84. The SMILES string of the molecule is CCNC(Cc1ccc(C)c(C)c1)C1CC1(C)C. The number of rotatable bonds is 5. The van der Waals surface area contributed by atoms with Crippen molar-refractivity contribution in [3.8, 4) is 0 Å². The highest BCUT2D eigenvalue weighted by molar-refractivity contribution is 5.30. The minimum atomic E-state index is 0.548. The molecule has 1 nitrogen and oxygen atoms in total. The van der Waals surface area contributed by atoms with Crippen LogP contribution in [0.3, 0.4) is 0 Å². The summed E-state index contributed by atoms with van der Waals surface area (Å²) in [4.78, 5) is 0. The summed E-state index contributed by atoms with van der Waals surface area (Å²) < 4.78 is 0. The molecule has 1 aromatic carbocycles. The second-order valence-corrected chi connectivity index (χ2v) is 6.59. The Morgan fingerprint density at radius 3 is 2.44 bits per heavy atom. The van der Waals surface area contributed by atoms with E-state index in [-0.39, 0.29) is 0 Å². The van der Waals surface area contributed by atoms with E-state index in [1.54, 1.807) is 0 Å². The van der Waals surface area contributed by atoms with Gasteiger partial charge < -0.3 is 5.32 Å². The van der Waals surface area contributed by atoms with E-state index in [2.05, 4.69) is 58.1 Å². The van der Waals surface area contributed by atoms with Gasteiger partial charge in [0.2, 0.25) is 0 Å². The topological polar surface area (TPSA) is 12.0 Å². The Morgan fingerprint density at radius 1 is 1.28 bits per heavy atom. The molecule has 0 amide bonds. The molecule has 1 aliphatic carbocycles. The maximum atomic E-state index is 3.68. The van der Waals surface area contributed by atoms with E-state index in [0.717, 1.165) is 12.5 Å². The molecule has 0 heterocycles. The van der Waals surface area contributed by atoms with Crippen molar-refractivity contribution in [2.75, 3.05) is 6.54 Å². The van der Waals surface area contributed by atoms with Crippen molar-refractivity contribution in [3.05, 3.63) is 34.9 Å². The summed E-state index contributed by atoms with van der Waals surface area (Å²) in [6.45, 7) is 12.5. The van der Waals surface area contributed by atoms with Crippen LogP contribution in [0.5, 0.6) is 0 Å². The molecule has 1 aromatic rings. The summed E-state index contributed by atoms with van der Waals surface area (Å²) in [6, 6.07) is 7.55. The van der Waals surface area contributed by atoms with Crippen LogP contribution in [0.25, 0.3) is 0 Å². The van der Waals surface area contributed by atoms with Crippen LogP contribution in [-0.2, 0) is 6.42 Å². The lowest BCUT2D eigenvalue weighted by Crippen LogP contribution is -2.34. The van der Waals surface area contributed by atoms with Crippen LogP contribution in [0.4, 0.5) is 0 Å². The zero-order chi connectivity index (χ0) is 13.3. The van der Waals surface area contributed by atoms with Crippen LogP contribution in [0.15, 0.2) is 18.2 Å². The van der Waals surface area contributed by atoms with Crippen molar-refractivity contribution >= 4 is 0 Å². The molecule has 100 valence electrons. The van der Waals surface area contributed by atoms with Crippen molar-refractivity contribution < 1.29 is 0 Å². The second-order valence-electron chi connectivity index (χ2n) is 6.59. The fourth-order valence-corrected chi connectivity index (χ4v) is 3.00. The summed E-state index contributed by atoms with van der Waals surface area (Å²) in [6.07, 6.45) is 2.54. The molecule has 0 spiro atoms.